The number of rotatable bonds is 5. The Labute approximate surface area is 135 Å². The third kappa shape index (κ3) is 4.17. The van der Waals surface area contributed by atoms with Gasteiger partial charge in [0.1, 0.15) is 11.1 Å². The molecule has 5 heteroatoms. The summed E-state index contributed by atoms with van der Waals surface area (Å²) >= 11 is 1.36. The molecule has 0 aliphatic carbocycles. The summed E-state index contributed by atoms with van der Waals surface area (Å²) in [7, 11) is 1.92. The molecule has 1 amide bonds. The minimum Gasteiger partial charge on any atom is -0.315 e. The Morgan fingerprint density at radius 3 is 2.82 bits per heavy atom. The highest BCUT2D eigenvalue weighted by atomic mass is 32.1. The van der Waals surface area contributed by atoms with Crippen LogP contribution in [0, 0.1) is 25.2 Å². The molecule has 0 unspecified atom stereocenters. The highest BCUT2D eigenvalue weighted by Gasteiger charge is 2.11. The van der Waals surface area contributed by atoms with Crippen LogP contribution in [0.2, 0.25) is 0 Å². The summed E-state index contributed by atoms with van der Waals surface area (Å²) < 4.78 is 0. The van der Waals surface area contributed by atoms with Gasteiger partial charge >= 0.3 is 0 Å². The molecule has 2 aromatic rings. The molecule has 1 aromatic heterocycles. The quantitative estimate of drug-likeness (QED) is 0.921. The first-order valence-corrected chi connectivity index (χ1v) is 7.89. The molecule has 22 heavy (non-hydrogen) atoms. The van der Waals surface area contributed by atoms with Crippen LogP contribution >= 0.6 is 11.3 Å². The molecule has 0 saturated heterocycles. The van der Waals surface area contributed by atoms with Gasteiger partial charge in [0, 0.05) is 6.54 Å². The molecular formula is C17H19N3OS. The van der Waals surface area contributed by atoms with Gasteiger partial charge in [-0.2, -0.15) is 5.26 Å². The lowest BCUT2D eigenvalue weighted by Crippen LogP contribution is -2.30. The molecule has 0 aliphatic heterocycles. The Morgan fingerprint density at radius 2 is 2.14 bits per heavy atom. The average Bonchev–Trinajstić information content (AvgIpc) is 2.88. The van der Waals surface area contributed by atoms with E-state index in [1.165, 1.54) is 28.0 Å². The van der Waals surface area contributed by atoms with Crippen molar-refractivity contribution in [3.05, 3.63) is 51.9 Å². The van der Waals surface area contributed by atoms with E-state index in [1.807, 2.05) is 11.9 Å². The van der Waals surface area contributed by atoms with Crippen molar-refractivity contribution < 1.29 is 4.79 Å². The van der Waals surface area contributed by atoms with Crippen molar-refractivity contribution in [2.75, 3.05) is 18.9 Å². The molecule has 0 fully saturated rings. The van der Waals surface area contributed by atoms with Crippen molar-refractivity contribution in [2.45, 2.75) is 20.4 Å². The van der Waals surface area contributed by atoms with Gasteiger partial charge in [-0.3, -0.25) is 9.69 Å². The third-order valence-corrected chi connectivity index (χ3v) is 4.22. The maximum absolute atomic E-state index is 12.1. The molecule has 0 radical (unpaired) electrons. The summed E-state index contributed by atoms with van der Waals surface area (Å²) in [5.41, 5.74) is 4.20. The Morgan fingerprint density at radius 1 is 1.36 bits per heavy atom. The van der Waals surface area contributed by atoms with E-state index in [4.69, 9.17) is 5.26 Å². The number of aryl methyl sites for hydroxylation is 2. The molecule has 2 rings (SSSR count). The zero-order valence-corrected chi connectivity index (χ0v) is 13.8. The summed E-state index contributed by atoms with van der Waals surface area (Å²) in [4.78, 5) is 14.0. The van der Waals surface area contributed by atoms with E-state index < -0.39 is 0 Å². The fourth-order valence-corrected chi connectivity index (χ4v) is 3.03. The number of amides is 1. The molecule has 1 heterocycles. The summed E-state index contributed by atoms with van der Waals surface area (Å²) in [6.07, 6.45) is 0. The van der Waals surface area contributed by atoms with Crippen molar-refractivity contribution in [1.29, 1.82) is 5.26 Å². The van der Waals surface area contributed by atoms with Crippen LogP contribution in [0.3, 0.4) is 0 Å². The van der Waals surface area contributed by atoms with Gasteiger partial charge in [-0.05, 0) is 43.5 Å². The molecule has 0 saturated carbocycles. The van der Waals surface area contributed by atoms with Gasteiger partial charge in [0.2, 0.25) is 5.91 Å². The monoisotopic (exact) mass is 313 g/mol. The Bertz CT molecular complexity index is 715. The van der Waals surface area contributed by atoms with E-state index in [2.05, 4.69) is 43.4 Å². The highest BCUT2D eigenvalue weighted by molar-refractivity contribution is 7.14. The van der Waals surface area contributed by atoms with E-state index in [1.54, 1.807) is 11.4 Å². The second-order valence-electron chi connectivity index (χ2n) is 5.43. The number of likely N-dealkylation sites (N-methyl/N-ethyl adjacent to an activating group) is 1. The van der Waals surface area contributed by atoms with Crippen LogP contribution < -0.4 is 5.32 Å². The number of carbonyl (C=O) groups excluding carboxylic acids is 1. The van der Waals surface area contributed by atoms with Crippen molar-refractivity contribution in [1.82, 2.24) is 4.90 Å². The van der Waals surface area contributed by atoms with E-state index in [-0.39, 0.29) is 12.5 Å². The summed E-state index contributed by atoms with van der Waals surface area (Å²) in [6.45, 7) is 5.16. The van der Waals surface area contributed by atoms with Gasteiger partial charge in [0.05, 0.1) is 12.1 Å². The van der Waals surface area contributed by atoms with Gasteiger partial charge < -0.3 is 5.32 Å². The van der Waals surface area contributed by atoms with Gasteiger partial charge in [0.25, 0.3) is 0 Å². The average molecular weight is 313 g/mol. The van der Waals surface area contributed by atoms with Crippen molar-refractivity contribution in [3.63, 3.8) is 0 Å². The molecule has 4 nitrogen and oxygen atoms in total. The summed E-state index contributed by atoms with van der Waals surface area (Å²) in [5, 5.41) is 14.2. The van der Waals surface area contributed by atoms with E-state index in [0.29, 0.717) is 10.6 Å². The van der Waals surface area contributed by atoms with E-state index >= 15 is 0 Å². The van der Waals surface area contributed by atoms with Crippen LogP contribution in [0.25, 0.3) is 0 Å². The molecular weight excluding hydrogens is 294 g/mol. The van der Waals surface area contributed by atoms with E-state index in [0.717, 1.165) is 6.54 Å². The lowest BCUT2D eigenvalue weighted by atomic mass is 10.1. The largest absolute Gasteiger partial charge is 0.315 e. The predicted molar refractivity (Wildman–Crippen MR) is 89.9 cm³/mol. The molecule has 0 spiro atoms. The van der Waals surface area contributed by atoms with E-state index in [9.17, 15) is 4.79 Å². The standard InChI is InChI=1S/C17H19N3OS/c1-12-4-5-15(13(2)8-12)10-20(3)11-16(21)19-17-14(9-18)6-7-22-17/h4-8H,10-11H2,1-3H3,(H,19,21). The predicted octanol–water partition coefficient (Wildman–Crippen LogP) is 3.31. The molecule has 0 atom stereocenters. The first kappa shape index (κ1) is 16.2. The zero-order chi connectivity index (χ0) is 16.1. The number of nitrogens with one attached hydrogen (secondary N) is 1. The number of thiophene rings is 1. The van der Waals surface area contributed by atoms with Gasteiger partial charge in [-0.1, -0.05) is 23.8 Å². The third-order valence-electron chi connectivity index (χ3n) is 3.39. The van der Waals surface area contributed by atoms with Crippen LogP contribution in [-0.2, 0) is 11.3 Å². The van der Waals surface area contributed by atoms with Crippen LogP contribution in [-0.4, -0.2) is 24.4 Å². The van der Waals surface area contributed by atoms with Crippen molar-refractivity contribution >= 4 is 22.2 Å². The van der Waals surface area contributed by atoms with Gasteiger partial charge in [0.15, 0.2) is 0 Å². The number of hydrogen-bond acceptors (Lipinski definition) is 4. The maximum atomic E-state index is 12.1. The van der Waals surface area contributed by atoms with Gasteiger partial charge in [-0.15, -0.1) is 11.3 Å². The highest BCUT2D eigenvalue weighted by Crippen LogP contribution is 2.22. The van der Waals surface area contributed by atoms with Crippen LogP contribution in [0.1, 0.15) is 22.3 Å². The minimum atomic E-state index is -0.105. The number of carbonyl (C=O) groups is 1. The minimum absolute atomic E-state index is 0.105. The topological polar surface area (TPSA) is 56.1 Å². The summed E-state index contributed by atoms with van der Waals surface area (Å²) in [6, 6.07) is 10.1. The summed E-state index contributed by atoms with van der Waals surface area (Å²) in [5.74, 6) is -0.105. The first-order chi connectivity index (χ1) is 10.5. The zero-order valence-electron chi connectivity index (χ0n) is 13.0. The maximum Gasteiger partial charge on any atom is 0.239 e. The van der Waals surface area contributed by atoms with Gasteiger partial charge in [-0.25, -0.2) is 0 Å². The molecule has 0 bridgehead atoms. The van der Waals surface area contributed by atoms with Crippen molar-refractivity contribution in [2.24, 2.45) is 0 Å². The second-order valence-corrected chi connectivity index (χ2v) is 6.34. The molecule has 114 valence electrons. The second kappa shape index (κ2) is 7.21. The Hall–Kier alpha value is -2.16. The number of anilines is 1. The van der Waals surface area contributed by atoms with Crippen LogP contribution in [0.5, 0.6) is 0 Å². The number of benzene rings is 1. The smallest absolute Gasteiger partial charge is 0.239 e. The van der Waals surface area contributed by atoms with Crippen molar-refractivity contribution in [3.8, 4) is 6.07 Å². The normalized spacial score (nSPS) is 10.5. The lowest BCUT2D eigenvalue weighted by Gasteiger charge is -2.17. The fraction of sp³-hybridized carbons (Fsp3) is 0.294. The molecule has 1 N–H and O–H groups in total. The van der Waals surface area contributed by atoms with Crippen LogP contribution in [0.4, 0.5) is 5.00 Å². The Kier molecular flexibility index (Phi) is 5.31. The Balaban J connectivity index is 1.93. The lowest BCUT2D eigenvalue weighted by molar-refractivity contribution is -0.117. The number of nitriles is 1. The molecule has 1 aromatic carbocycles. The SMILES string of the molecule is Cc1ccc(CN(C)CC(=O)Nc2sccc2C#N)c(C)c1. The fourth-order valence-electron chi connectivity index (χ4n) is 2.28. The molecule has 0 aliphatic rings. The first-order valence-electron chi connectivity index (χ1n) is 7.01. The number of hydrogen-bond donors (Lipinski definition) is 1. The van der Waals surface area contributed by atoms with Crippen LogP contribution in [0.15, 0.2) is 29.6 Å². The number of nitrogens with zero attached hydrogens (tertiary/aromatic N) is 2.